The third kappa shape index (κ3) is 1.92. The van der Waals surface area contributed by atoms with Crippen molar-refractivity contribution >= 4 is 16.5 Å². The molecular weight excluding hydrogens is 206 g/mol. The maximum Gasteiger partial charge on any atom is 0.0780 e. The summed E-state index contributed by atoms with van der Waals surface area (Å²) >= 11 is 0. The molecule has 1 aliphatic rings. The maximum absolute atomic E-state index is 4.49. The Hall–Kier alpha value is -2.15. The van der Waals surface area contributed by atoms with E-state index in [1.807, 2.05) is 12.3 Å². The van der Waals surface area contributed by atoms with Crippen molar-refractivity contribution in [2.24, 2.45) is 0 Å². The Balaban J connectivity index is 2.23. The molecule has 0 aliphatic heterocycles. The molecule has 1 heterocycles. The second-order valence-electron chi connectivity index (χ2n) is 4.07. The number of hydrogen-bond acceptors (Lipinski definition) is 1. The van der Waals surface area contributed by atoms with Gasteiger partial charge in [-0.15, -0.1) is 0 Å². The summed E-state index contributed by atoms with van der Waals surface area (Å²) in [4.78, 5) is 4.49. The van der Waals surface area contributed by atoms with Crippen molar-refractivity contribution in [1.82, 2.24) is 4.98 Å². The number of allylic oxidation sites excluding steroid dienone is 6. The number of fused-ring (bicyclic) bond motifs is 1. The summed E-state index contributed by atoms with van der Waals surface area (Å²) in [5, 5.41) is 1.19. The number of para-hydroxylation sites is 1. The van der Waals surface area contributed by atoms with Gasteiger partial charge < -0.3 is 0 Å². The van der Waals surface area contributed by atoms with Crippen molar-refractivity contribution < 1.29 is 0 Å². The van der Waals surface area contributed by atoms with E-state index in [9.17, 15) is 0 Å². The maximum atomic E-state index is 4.49. The van der Waals surface area contributed by atoms with Crippen LogP contribution < -0.4 is 0 Å². The molecule has 3 rings (SSSR count). The minimum absolute atomic E-state index is 0.998. The van der Waals surface area contributed by atoms with E-state index in [0.717, 1.165) is 11.9 Å². The molecule has 0 bridgehead atoms. The van der Waals surface area contributed by atoms with Gasteiger partial charge in [0.1, 0.15) is 0 Å². The summed E-state index contributed by atoms with van der Waals surface area (Å²) in [6.45, 7) is 0. The molecule has 0 spiro atoms. The number of pyridine rings is 1. The van der Waals surface area contributed by atoms with Gasteiger partial charge in [-0.1, -0.05) is 54.6 Å². The standard InChI is InChI=1S/C16H13N/c1-2-4-8-13(7-3-1)15-11-5-9-14-10-6-12-17-16(14)15/h1,3-12H,2H2. The van der Waals surface area contributed by atoms with E-state index in [1.165, 1.54) is 16.5 Å². The van der Waals surface area contributed by atoms with Gasteiger partial charge >= 0.3 is 0 Å². The Morgan fingerprint density at radius 1 is 1.00 bits per heavy atom. The van der Waals surface area contributed by atoms with Crippen LogP contribution in [0.3, 0.4) is 0 Å². The molecule has 0 saturated heterocycles. The lowest BCUT2D eigenvalue weighted by molar-refractivity contribution is 1.40. The first kappa shape index (κ1) is 10.0. The summed E-state index contributed by atoms with van der Waals surface area (Å²) in [5.41, 5.74) is 3.50. The van der Waals surface area contributed by atoms with Crippen molar-refractivity contribution in [3.8, 4) is 0 Å². The van der Waals surface area contributed by atoms with Crippen molar-refractivity contribution in [2.75, 3.05) is 0 Å². The Labute approximate surface area is 101 Å². The summed E-state index contributed by atoms with van der Waals surface area (Å²) < 4.78 is 0. The van der Waals surface area contributed by atoms with Gasteiger partial charge in [0, 0.05) is 17.1 Å². The molecule has 0 amide bonds. The Kier molecular flexibility index (Phi) is 2.59. The lowest BCUT2D eigenvalue weighted by atomic mass is 10.0. The minimum atomic E-state index is 0.998. The number of hydrogen-bond donors (Lipinski definition) is 0. The average Bonchev–Trinajstić information content (AvgIpc) is 2.67. The Bertz CT molecular complexity index is 628. The molecule has 0 unspecified atom stereocenters. The van der Waals surface area contributed by atoms with Gasteiger partial charge in [-0.2, -0.15) is 0 Å². The summed E-state index contributed by atoms with van der Waals surface area (Å²) in [6, 6.07) is 10.4. The van der Waals surface area contributed by atoms with Gasteiger partial charge in [-0.05, 0) is 18.1 Å². The SMILES string of the molecule is C1=CCC=CC(c2cccc3cccnc23)=C1. The van der Waals surface area contributed by atoms with Gasteiger partial charge in [0.25, 0.3) is 0 Å². The molecule has 1 aromatic heterocycles. The van der Waals surface area contributed by atoms with Crippen LogP contribution in [0.5, 0.6) is 0 Å². The topological polar surface area (TPSA) is 12.9 Å². The van der Waals surface area contributed by atoms with Crippen LogP contribution in [0.1, 0.15) is 12.0 Å². The lowest BCUT2D eigenvalue weighted by Gasteiger charge is -2.05. The normalized spacial score (nSPS) is 14.7. The van der Waals surface area contributed by atoms with Crippen LogP contribution in [-0.4, -0.2) is 4.98 Å². The molecule has 0 saturated carbocycles. The molecule has 2 aromatic rings. The zero-order chi connectivity index (χ0) is 11.5. The third-order valence-corrected chi connectivity index (χ3v) is 2.93. The Morgan fingerprint density at radius 3 is 2.94 bits per heavy atom. The first-order valence-corrected chi connectivity index (χ1v) is 5.83. The van der Waals surface area contributed by atoms with E-state index in [0.29, 0.717) is 0 Å². The van der Waals surface area contributed by atoms with E-state index in [2.05, 4.69) is 59.6 Å². The number of aromatic nitrogens is 1. The molecule has 1 heteroatoms. The highest BCUT2D eigenvalue weighted by molar-refractivity contribution is 5.93. The molecule has 0 radical (unpaired) electrons. The fourth-order valence-corrected chi connectivity index (χ4v) is 2.10. The number of rotatable bonds is 1. The lowest BCUT2D eigenvalue weighted by Crippen LogP contribution is -1.86. The highest BCUT2D eigenvalue weighted by Gasteiger charge is 2.04. The van der Waals surface area contributed by atoms with Gasteiger partial charge in [0.15, 0.2) is 0 Å². The van der Waals surface area contributed by atoms with Crippen LogP contribution in [0.4, 0.5) is 0 Å². The van der Waals surface area contributed by atoms with E-state index < -0.39 is 0 Å². The zero-order valence-corrected chi connectivity index (χ0v) is 9.51. The first-order chi connectivity index (χ1) is 8.45. The molecule has 1 nitrogen and oxygen atoms in total. The highest BCUT2D eigenvalue weighted by atomic mass is 14.6. The first-order valence-electron chi connectivity index (χ1n) is 5.83. The van der Waals surface area contributed by atoms with Gasteiger partial charge in [0.2, 0.25) is 0 Å². The quantitative estimate of drug-likeness (QED) is 0.702. The number of nitrogens with zero attached hydrogens (tertiary/aromatic N) is 1. The van der Waals surface area contributed by atoms with Crippen molar-refractivity contribution in [3.63, 3.8) is 0 Å². The minimum Gasteiger partial charge on any atom is -0.256 e. The van der Waals surface area contributed by atoms with Crippen LogP contribution in [-0.2, 0) is 0 Å². The van der Waals surface area contributed by atoms with E-state index in [-0.39, 0.29) is 0 Å². The predicted molar refractivity (Wildman–Crippen MR) is 72.6 cm³/mol. The molecule has 82 valence electrons. The second-order valence-corrected chi connectivity index (χ2v) is 4.07. The molecule has 17 heavy (non-hydrogen) atoms. The van der Waals surface area contributed by atoms with Gasteiger partial charge in [0.05, 0.1) is 5.52 Å². The molecule has 0 N–H and O–H groups in total. The molecule has 1 aromatic carbocycles. The van der Waals surface area contributed by atoms with Gasteiger partial charge in [-0.3, -0.25) is 4.98 Å². The van der Waals surface area contributed by atoms with Crippen LogP contribution >= 0.6 is 0 Å². The van der Waals surface area contributed by atoms with Gasteiger partial charge in [-0.25, -0.2) is 0 Å². The predicted octanol–water partition coefficient (Wildman–Crippen LogP) is 4.13. The summed E-state index contributed by atoms with van der Waals surface area (Å²) in [6.07, 6.45) is 13.6. The number of benzene rings is 1. The summed E-state index contributed by atoms with van der Waals surface area (Å²) in [7, 11) is 0. The second kappa shape index (κ2) is 4.38. The molecule has 0 atom stereocenters. The monoisotopic (exact) mass is 219 g/mol. The largest absolute Gasteiger partial charge is 0.256 e. The van der Waals surface area contributed by atoms with Crippen LogP contribution in [0, 0.1) is 0 Å². The fourth-order valence-electron chi connectivity index (χ4n) is 2.10. The fraction of sp³-hybridized carbons (Fsp3) is 0.0625. The van der Waals surface area contributed by atoms with E-state index in [4.69, 9.17) is 0 Å². The smallest absolute Gasteiger partial charge is 0.0780 e. The van der Waals surface area contributed by atoms with Crippen LogP contribution in [0.25, 0.3) is 16.5 Å². The zero-order valence-electron chi connectivity index (χ0n) is 9.51. The molecule has 0 fully saturated rings. The summed E-state index contributed by atoms with van der Waals surface area (Å²) in [5.74, 6) is 0. The van der Waals surface area contributed by atoms with Crippen LogP contribution in [0.15, 0.2) is 66.9 Å². The third-order valence-electron chi connectivity index (χ3n) is 2.93. The van der Waals surface area contributed by atoms with E-state index in [1.54, 1.807) is 0 Å². The van der Waals surface area contributed by atoms with Crippen molar-refractivity contribution in [3.05, 3.63) is 72.5 Å². The molecular formula is C16H13N. The van der Waals surface area contributed by atoms with Crippen molar-refractivity contribution in [1.29, 1.82) is 0 Å². The Morgan fingerprint density at radius 2 is 1.94 bits per heavy atom. The van der Waals surface area contributed by atoms with E-state index >= 15 is 0 Å². The van der Waals surface area contributed by atoms with Crippen LogP contribution in [0.2, 0.25) is 0 Å². The van der Waals surface area contributed by atoms with Crippen molar-refractivity contribution in [2.45, 2.75) is 6.42 Å². The highest BCUT2D eigenvalue weighted by Crippen LogP contribution is 2.25. The molecule has 1 aliphatic carbocycles. The average molecular weight is 219 g/mol.